The predicted molar refractivity (Wildman–Crippen MR) is 77.2 cm³/mol. The van der Waals surface area contributed by atoms with Gasteiger partial charge in [-0.1, -0.05) is 22.9 Å². The summed E-state index contributed by atoms with van der Waals surface area (Å²) in [5.74, 6) is 1.32. The highest BCUT2D eigenvalue weighted by Crippen LogP contribution is 2.37. The lowest BCUT2D eigenvalue weighted by Gasteiger charge is -2.08. The summed E-state index contributed by atoms with van der Waals surface area (Å²) in [4.78, 5) is 11.7. The highest BCUT2D eigenvalue weighted by molar-refractivity contribution is 9.10. The van der Waals surface area contributed by atoms with Crippen LogP contribution < -0.4 is 14.8 Å². The van der Waals surface area contributed by atoms with Crippen molar-refractivity contribution in [1.29, 1.82) is 0 Å². The van der Waals surface area contributed by atoms with Crippen molar-refractivity contribution in [3.05, 3.63) is 28.2 Å². The molecule has 1 amide bonds. The summed E-state index contributed by atoms with van der Waals surface area (Å²) in [5, 5.41) is 2.87. The largest absolute Gasteiger partial charge is 0.454 e. The van der Waals surface area contributed by atoms with Crippen molar-refractivity contribution in [2.45, 2.75) is 26.3 Å². The summed E-state index contributed by atoms with van der Waals surface area (Å²) in [7, 11) is 0. The van der Waals surface area contributed by atoms with Gasteiger partial charge in [-0.05, 0) is 37.1 Å². The molecule has 0 radical (unpaired) electrons. The van der Waals surface area contributed by atoms with E-state index in [9.17, 15) is 4.79 Å². The fourth-order valence-corrected chi connectivity index (χ4v) is 2.07. The van der Waals surface area contributed by atoms with Gasteiger partial charge in [-0.25, -0.2) is 0 Å². The third kappa shape index (κ3) is 3.50. The second kappa shape index (κ2) is 6.10. The molecule has 2 rings (SSSR count). The molecular weight excluding hydrogens is 310 g/mol. The minimum absolute atomic E-state index is 0.0982. The molecule has 1 aromatic carbocycles. The van der Waals surface area contributed by atoms with Gasteiger partial charge in [0.2, 0.25) is 12.7 Å². The Morgan fingerprint density at radius 1 is 1.47 bits per heavy atom. The van der Waals surface area contributed by atoms with Crippen molar-refractivity contribution in [3.63, 3.8) is 0 Å². The SMILES string of the molecule is CC[C@@H](C)NC(=O)/C=C/c1cc2c(cc1Br)OCO2. The van der Waals surface area contributed by atoms with Gasteiger partial charge in [-0.2, -0.15) is 0 Å². The Hall–Kier alpha value is -1.49. The molecule has 102 valence electrons. The zero-order valence-electron chi connectivity index (χ0n) is 10.9. The molecule has 1 heterocycles. The van der Waals surface area contributed by atoms with Crippen LogP contribution in [0.2, 0.25) is 0 Å². The van der Waals surface area contributed by atoms with E-state index in [0.29, 0.717) is 11.5 Å². The monoisotopic (exact) mass is 325 g/mol. The lowest BCUT2D eigenvalue weighted by atomic mass is 10.2. The molecule has 0 saturated heterocycles. The molecule has 1 N–H and O–H groups in total. The molecule has 0 unspecified atom stereocenters. The Kier molecular flexibility index (Phi) is 4.47. The smallest absolute Gasteiger partial charge is 0.244 e. The lowest BCUT2D eigenvalue weighted by Crippen LogP contribution is -2.30. The Morgan fingerprint density at radius 2 is 2.16 bits per heavy atom. The molecule has 0 fully saturated rings. The highest BCUT2D eigenvalue weighted by atomic mass is 79.9. The Balaban J connectivity index is 2.09. The molecule has 1 aliphatic heterocycles. The average Bonchev–Trinajstić information content (AvgIpc) is 2.82. The van der Waals surface area contributed by atoms with Crippen molar-refractivity contribution in [2.24, 2.45) is 0 Å². The van der Waals surface area contributed by atoms with Gasteiger partial charge in [0.1, 0.15) is 0 Å². The maximum Gasteiger partial charge on any atom is 0.244 e. The number of hydrogen-bond acceptors (Lipinski definition) is 3. The summed E-state index contributed by atoms with van der Waals surface area (Å²) in [6, 6.07) is 3.87. The van der Waals surface area contributed by atoms with Crippen LogP contribution in [0.15, 0.2) is 22.7 Å². The summed E-state index contributed by atoms with van der Waals surface area (Å²) in [6.45, 7) is 4.24. The number of carbonyl (C=O) groups is 1. The van der Waals surface area contributed by atoms with Crippen LogP contribution in [0.1, 0.15) is 25.8 Å². The van der Waals surface area contributed by atoms with E-state index in [4.69, 9.17) is 9.47 Å². The van der Waals surface area contributed by atoms with E-state index in [1.165, 1.54) is 6.08 Å². The second-order valence-electron chi connectivity index (χ2n) is 4.38. The van der Waals surface area contributed by atoms with E-state index in [1.54, 1.807) is 6.08 Å². The number of benzene rings is 1. The molecule has 19 heavy (non-hydrogen) atoms. The van der Waals surface area contributed by atoms with Crippen molar-refractivity contribution in [2.75, 3.05) is 6.79 Å². The van der Waals surface area contributed by atoms with Gasteiger partial charge < -0.3 is 14.8 Å². The van der Waals surface area contributed by atoms with Gasteiger partial charge in [0, 0.05) is 16.6 Å². The molecule has 0 aliphatic carbocycles. The molecule has 1 aromatic rings. The van der Waals surface area contributed by atoms with Gasteiger partial charge in [0.05, 0.1) is 0 Å². The van der Waals surface area contributed by atoms with E-state index in [2.05, 4.69) is 21.2 Å². The number of rotatable bonds is 4. The molecule has 1 aliphatic rings. The van der Waals surface area contributed by atoms with Gasteiger partial charge in [-0.15, -0.1) is 0 Å². The van der Waals surface area contributed by atoms with Crippen molar-refractivity contribution < 1.29 is 14.3 Å². The van der Waals surface area contributed by atoms with Crippen LogP contribution >= 0.6 is 15.9 Å². The average molecular weight is 326 g/mol. The third-order valence-electron chi connectivity index (χ3n) is 2.91. The zero-order valence-corrected chi connectivity index (χ0v) is 12.5. The van der Waals surface area contributed by atoms with Crippen LogP contribution in [0.5, 0.6) is 11.5 Å². The van der Waals surface area contributed by atoms with Crippen molar-refractivity contribution in [3.8, 4) is 11.5 Å². The number of nitrogens with one attached hydrogen (secondary N) is 1. The van der Waals surface area contributed by atoms with Crippen LogP contribution in [-0.4, -0.2) is 18.7 Å². The Labute approximate surface area is 120 Å². The number of ether oxygens (including phenoxy) is 2. The van der Waals surface area contributed by atoms with E-state index in [-0.39, 0.29) is 18.7 Å². The van der Waals surface area contributed by atoms with E-state index >= 15 is 0 Å². The topological polar surface area (TPSA) is 47.6 Å². The quantitative estimate of drug-likeness (QED) is 0.865. The van der Waals surface area contributed by atoms with E-state index in [0.717, 1.165) is 16.5 Å². The normalized spacial score (nSPS) is 14.7. The van der Waals surface area contributed by atoms with Crippen LogP contribution in [0.4, 0.5) is 0 Å². The minimum Gasteiger partial charge on any atom is -0.454 e. The van der Waals surface area contributed by atoms with Crippen molar-refractivity contribution >= 4 is 27.9 Å². The minimum atomic E-state index is -0.0982. The fourth-order valence-electron chi connectivity index (χ4n) is 1.62. The molecule has 0 spiro atoms. The van der Waals surface area contributed by atoms with Gasteiger partial charge in [-0.3, -0.25) is 4.79 Å². The van der Waals surface area contributed by atoms with Crippen LogP contribution in [-0.2, 0) is 4.79 Å². The summed E-state index contributed by atoms with van der Waals surface area (Å²) >= 11 is 3.45. The summed E-state index contributed by atoms with van der Waals surface area (Å²) in [6.07, 6.45) is 4.19. The number of amides is 1. The first-order chi connectivity index (χ1) is 9.10. The molecule has 1 atom stereocenters. The Morgan fingerprint density at radius 3 is 2.84 bits per heavy atom. The molecule has 0 bridgehead atoms. The van der Waals surface area contributed by atoms with Gasteiger partial charge in [0.15, 0.2) is 11.5 Å². The molecule has 0 aromatic heterocycles. The first-order valence-corrected chi connectivity index (χ1v) is 6.97. The van der Waals surface area contributed by atoms with Crippen molar-refractivity contribution in [1.82, 2.24) is 5.32 Å². The number of carbonyl (C=O) groups excluding carboxylic acids is 1. The predicted octanol–water partition coefficient (Wildman–Crippen LogP) is 3.11. The maximum atomic E-state index is 11.7. The lowest BCUT2D eigenvalue weighted by molar-refractivity contribution is -0.117. The van der Waals surface area contributed by atoms with Gasteiger partial charge >= 0.3 is 0 Å². The van der Waals surface area contributed by atoms with Crippen LogP contribution in [0.3, 0.4) is 0 Å². The molecule has 0 saturated carbocycles. The van der Waals surface area contributed by atoms with Crippen LogP contribution in [0, 0.1) is 0 Å². The molecule has 4 nitrogen and oxygen atoms in total. The number of halogens is 1. The third-order valence-corrected chi connectivity index (χ3v) is 3.59. The summed E-state index contributed by atoms with van der Waals surface area (Å²) < 4.78 is 11.4. The van der Waals surface area contributed by atoms with E-state index in [1.807, 2.05) is 26.0 Å². The van der Waals surface area contributed by atoms with Gasteiger partial charge in [0.25, 0.3) is 0 Å². The van der Waals surface area contributed by atoms with E-state index < -0.39 is 0 Å². The zero-order chi connectivity index (χ0) is 13.8. The Bertz CT molecular complexity index is 514. The molecular formula is C14H16BrNO3. The van der Waals surface area contributed by atoms with Crippen LogP contribution in [0.25, 0.3) is 6.08 Å². The first-order valence-electron chi connectivity index (χ1n) is 6.18. The second-order valence-corrected chi connectivity index (χ2v) is 5.23. The summed E-state index contributed by atoms with van der Waals surface area (Å²) in [5.41, 5.74) is 0.878. The molecule has 5 heteroatoms. The number of fused-ring (bicyclic) bond motifs is 1. The number of hydrogen-bond donors (Lipinski definition) is 1. The first kappa shape index (κ1) is 13.9. The fraction of sp³-hybridized carbons (Fsp3) is 0.357. The standard InChI is InChI=1S/C14H16BrNO3/c1-3-9(2)16-14(17)5-4-10-6-12-13(7-11(10)15)19-8-18-12/h4-7,9H,3,8H2,1-2H3,(H,16,17)/b5-4+/t9-/m1/s1. The highest BCUT2D eigenvalue weighted by Gasteiger charge is 2.15. The maximum absolute atomic E-state index is 11.7.